The van der Waals surface area contributed by atoms with Crippen LogP contribution in [0, 0.1) is 0 Å². The molecule has 1 aliphatic carbocycles. The van der Waals surface area contributed by atoms with Gasteiger partial charge in [-0.1, -0.05) is 0 Å². The fourth-order valence-electron chi connectivity index (χ4n) is 1.67. The molecular formula is C9H17FO6. The van der Waals surface area contributed by atoms with E-state index in [9.17, 15) is 29.9 Å². The zero-order chi connectivity index (χ0) is 12.3. The molecule has 96 valence electrons. The third-order valence-electron chi connectivity index (χ3n) is 2.66. The van der Waals surface area contributed by atoms with Crippen LogP contribution in [-0.2, 0) is 4.74 Å². The van der Waals surface area contributed by atoms with Gasteiger partial charge in [-0.25, -0.2) is 0 Å². The number of aliphatic hydroxyl groups is 5. The van der Waals surface area contributed by atoms with E-state index in [0.29, 0.717) is 0 Å². The third-order valence-corrected chi connectivity index (χ3v) is 2.66. The molecule has 0 aromatic heterocycles. The standard InChI is InChI=1S/C9H17FO6/c10-2-1-3-16-9-7(14)5(12)4(11)6(13)8(9)15/h4-9,11-15H,1-3H2/t4?,5-,6+,7+,8-,9?. The van der Waals surface area contributed by atoms with Crippen molar-refractivity contribution >= 4 is 0 Å². The number of hydrogen-bond acceptors (Lipinski definition) is 6. The Labute approximate surface area is 91.9 Å². The minimum Gasteiger partial charge on any atom is -0.387 e. The second kappa shape index (κ2) is 5.85. The summed E-state index contributed by atoms with van der Waals surface area (Å²) in [5.74, 6) is 0. The Hall–Kier alpha value is -0.310. The highest BCUT2D eigenvalue weighted by Gasteiger charge is 2.48. The van der Waals surface area contributed by atoms with Gasteiger partial charge in [0.2, 0.25) is 0 Å². The van der Waals surface area contributed by atoms with Crippen LogP contribution in [0.4, 0.5) is 4.39 Å². The molecule has 0 aliphatic heterocycles. The van der Waals surface area contributed by atoms with E-state index < -0.39 is 43.3 Å². The molecular weight excluding hydrogens is 223 g/mol. The van der Waals surface area contributed by atoms with E-state index in [4.69, 9.17) is 4.74 Å². The lowest BCUT2D eigenvalue weighted by atomic mass is 9.85. The molecule has 1 saturated carbocycles. The molecule has 0 saturated heterocycles. The second-order valence-corrected chi connectivity index (χ2v) is 3.83. The van der Waals surface area contributed by atoms with Crippen molar-refractivity contribution in [1.29, 1.82) is 0 Å². The summed E-state index contributed by atoms with van der Waals surface area (Å²) in [6.45, 7) is -0.655. The maximum absolute atomic E-state index is 11.8. The van der Waals surface area contributed by atoms with Crippen LogP contribution >= 0.6 is 0 Å². The van der Waals surface area contributed by atoms with E-state index in [-0.39, 0.29) is 13.0 Å². The molecule has 1 rings (SSSR count). The fraction of sp³-hybridized carbons (Fsp3) is 1.00. The molecule has 0 amide bonds. The number of rotatable bonds is 4. The van der Waals surface area contributed by atoms with Gasteiger partial charge in [-0.15, -0.1) is 0 Å². The Morgan fingerprint density at radius 2 is 1.25 bits per heavy atom. The summed E-state index contributed by atoms with van der Waals surface area (Å²) in [4.78, 5) is 0. The Morgan fingerprint density at radius 1 is 0.812 bits per heavy atom. The largest absolute Gasteiger partial charge is 0.387 e. The van der Waals surface area contributed by atoms with Crippen molar-refractivity contribution in [2.75, 3.05) is 13.3 Å². The van der Waals surface area contributed by atoms with Gasteiger partial charge in [0.1, 0.15) is 36.6 Å². The van der Waals surface area contributed by atoms with E-state index in [2.05, 4.69) is 0 Å². The Bertz CT molecular complexity index is 200. The van der Waals surface area contributed by atoms with Gasteiger partial charge in [0.15, 0.2) is 0 Å². The van der Waals surface area contributed by atoms with Crippen LogP contribution in [0.15, 0.2) is 0 Å². The molecule has 2 unspecified atom stereocenters. The summed E-state index contributed by atoms with van der Waals surface area (Å²) < 4.78 is 16.8. The Balaban J connectivity index is 2.60. The number of hydrogen-bond donors (Lipinski definition) is 5. The molecule has 0 bridgehead atoms. The van der Waals surface area contributed by atoms with Crippen LogP contribution in [0.2, 0.25) is 0 Å². The first-order valence-electron chi connectivity index (χ1n) is 5.08. The lowest BCUT2D eigenvalue weighted by molar-refractivity contribution is -0.235. The molecule has 0 radical (unpaired) electrons. The molecule has 0 heterocycles. The van der Waals surface area contributed by atoms with Crippen molar-refractivity contribution in [1.82, 2.24) is 0 Å². The smallest absolute Gasteiger partial charge is 0.114 e. The van der Waals surface area contributed by atoms with Crippen LogP contribution in [0.5, 0.6) is 0 Å². The summed E-state index contributed by atoms with van der Waals surface area (Å²) in [6, 6.07) is 0. The molecule has 0 aromatic rings. The zero-order valence-corrected chi connectivity index (χ0v) is 8.61. The number of ether oxygens (including phenoxy) is 1. The summed E-state index contributed by atoms with van der Waals surface area (Å²) in [7, 11) is 0. The molecule has 6 atom stereocenters. The van der Waals surface area contributed by atoms with Crippen LogP contribution in [0.25, 0.3) is 0 Å². The number of halogens is 1. The second-order valence-electron chi connectivity index (χ2n) is 3.83. The van der Waals surface area contributed by atoms with E-state index in [1.807, 2.05) is 0 Å². The van der Waals surface area contributed by atoms with Gasteiger partial charge in [-0.2, -0.15) is 0 Å². The Morgan fingerprint density at radius 3 is 1.69 bits per heavy atom. The maximum Gasteiger partial charge on any atom is 0.114 e. The predicted octanol–water partition coefficient (Wildman–Crippen LogP) is -2.45. The lowest BCUT2D eigenvalue weighted by Crippen LogP contribution is -2.64. The van der Waals surface area contributed by atoms with Crippen molar-refractivity contribution < 1.29 is 34.7 Å². The van der Waals surface area contributed by atoms with E-state index in [1.54, 1.807) is 0 Å². The highest BCUT2D eigenvalue weighted by atomic mass is 19.1. The maximum atomic E-state index is 11.8. The SMILES string of the molecule is OC1[C@@H](O)[C@H](O)C(OCCCF)[C@H](O)[C@H]1O. The quantitative estimate of drug-likeness (QED) is 0.349. The van der Waals surface area contributed by atoms with Gasteiger partial charge in [0, 0.05) is 6.61 Å². The van der Waals surface area contributed by atoms with Crippen LogP contribution in [0.3, 0.4) is 0 Å². The highest BCUT2D eigenvalue weighted by molar-refractivity contribution is 4.99. The first-order valence-corrected chi connectivity index (χ1v) is 5.08. The van der Waals surface area contributed by atoms with E-state index in [0.717, 1.165) is 0 Å². The molecule has 1 fully saturated rings. The Kier molecular flexibility index (Phi) is 5.03. The lowest BCUT2D eigenvalue weighted by Gasteiger charge is -2.41. The van der Waals surface area contributed by atoms with E-state index in [1.165, 1.54) is 0 Å². The first kappa shape index (κ1) is 13.8. The van der Waals surface area contributed by atoms with E-state index >= 15 is 0 Å². The van der Waals surface area contributed by atoms with Gasteiger partial charge in [0.25, 0.3) is 0 Å². The van der Waals surface area contributed by atoms with Crippen molar-refractivity contribution in [2.24, 2.45) is 0 Å². The molecule has 6 nitrogen and oxygen atoms in total. The van der Waals surface area contributed by atoms with Crippen molar-refractivity contribution in [2.45, 2.75) is 43.0 Å². The molecule has 0 aromatic carbocycles. The minimum atomic E-state index is -1.63. The van der Waals surface area contributed by atoms with Crippen molar-refractivity contribution in [3.05, 3.63) is 0 Å². The summed E-state index contributed by atoms with van der Waals surface area (Å²) in [6.07, 6.45) is -9.03. The van der Waals surface area contributed by atoms with Crippen LogP contribution in [-0.4, -0.2) is 75.4 Å². The third kappa shape index (κ3) is 2.68. The molecule has 16 heavy (non-hydrogen) atoms. The molecule has 0 spiro atoms. The average Bonchev–Trinajstić information content (AvgIpc) is 2.28. The van der Waals surface area contributed by atoms with Gasteiger partial charge < -0.3 is 30.3 Å². The molecule has 7 heteroatoms. The number of aliphatic hydroxyl groups excluding tert-OH is 5. The summed E-state index contributed by atoms with van der Waals surface area (Å²) in [5, 5.41) is 46.9. The molecule has 5 N–H and O–H groups in total. The zero-order valence-electron chi connectivity index (χ0n) is 8.61. The summed E-state index contributed by atoms with van der Waals surface area (Å²) in [5.41, 5.74) is 0. The van der Waals surface area contributed by atoms with Crippen LogP contribution in [0.1, 0.15) is 6.42 Å². The van der Waals surface area contributed by atoms with Gasteiger partial charge in [-0.05, 0) is 6.42 Å². The van der Waals surface area contributed by atoms with Crippen molar-refractivity contribution in [3.8, 4) is 0 Å². The first-order chi connectivity index (χ1) is 7.50. The van der Waals surface area contributed by atoms with Gasteiger partial charge >= 0.3 is 0 Å². The number of alkyl halides is 1. The summed E-state index contributed by atoms with van der Waals surface area (Å²) >= 11 is 0. The normalized spacial score (nSPS) is 44.6. The fourth-order valence-corrected chi connectivity index (χ4v) is 1.67. The highest BCUT2D eigenvalue weighted by Crippen LogP contribution is 2.23. The predicted molar refractivity (Wildman–Crippen MR) is 50.4 cm³/mol. The minimum absolute atomic E-state index is 0.0508. The van der Waals surface area contributed by atoms with Crippen LogP contribution < -0.4 is 0 Å². The van der Waals surface area contributed by atoms with Gasteiger partial charge in [-0.3, -0.25) is 4.39 Å². The van der Waals surface area contributed by atoms with Gasteiger partial charge in [0.05, 0.1) is 6.67 Å². The topological polar surface area (TPSA) is 110 Å². The average molecular weight is 240 g/mol. The van der Waals surface area contributed by atoms with Crippen molar-refractivity contribution in [3.63, 3.8) is 0 Å². The molecule has 1 aliphatic rings. The monoisotopic (exact) mass is 240 g/mol.